The average Bonchev–Trinajstić information content (AvgIpc) is 3.83. The van der Waals surface area contributed by atoms with Crippen LogP contribution in [0, 0.1) is 0 Å². The smallest absolute Gasteiger partial charge is 0.0547 e. The third-order valence-corrected chi connectivity index (χ3v) is 13.4. The molecule has 12 rings (SSSR count). The Labute approximate surface area is 346 Å². The lowest BCUT2D eigenvalue weighted by atomic mass is 9.94. The fourth-order valence-corrected chi connectivity index (χ4v) is 10.6. The lowest BCUT2D eigenvalue weighted by Gasteiger charge is -2.30. The normalized spacial score (nSPS) is 13.2. The van der Waals surface area contributed by atoms with Crippen molar-refractivity contribution in [1.29, 1.82) is 0 Å². The highest BCUT2D eigenvalue weighted by molar-refractivity contribution is 7.25. The Morgan fingerprint density at radius 3 is 1.88 bits per heavy atom. The van der Waals surface area contributed by atoms with E-state index in [0.29, 0.717) is 0 Å². The van der Waals surface area contributed by atoms with Gasteiger partial charge < -0.3 is 9.47 Å². The molecule has 2 heterocycles. The van der Waals surface area contributed by atoms with Crippen molar-refractivity contribution in [2.75, 3.05) is 4.90 Å². The summed E-state index contributed by atoms with van der Waals surface area (Å²) in [6.07, 6.45) is 6.58. The van der Waals surface area contributed by atoms with Crippen molar-refractivity contribution in [3.8, 4) is 16.8 Å². The van der Waals surface area contributed by atoms with Gasteiger partial charge in [0, 0.05) is 53.7 Å². The zero-order valence-electron chi connectivity index (χ0n) is 32.3. The highest BCUT2D eigenvalue weighted by Crippen LogP contribution is 2.42. The number of fused-ring (bicyclic) bond motifs is 8. The zero-order chi connectivity index (χ0) is 38.9. The van der Waals surface area contributed by atoms with Crippen molar-refractivity contribution in [3.63, 3.8) is 0 Å². The third-order valence-electron chi connectivity index (χ3n) is 12.3. The van der Waals surface area contributed by atoms with Gasteiger partial charge in [-0.25, -0.2) is 0 Å². The number of hydrogen-bond acceptors (Lipinski definition) is 2. The molecule has 3 heteroatoms. The summed E-state index contributed by atoms with van der Waals surface area (Å²) in [6, 6.07) is 71.5. The molecular formula is C56H38N2S. The van der Waals surface area contributed by atoms with Crippen LogP contribution < -0.4 is 4.90 Å². The Kier molecular flexibility index (Phi) is 7.89. The molecule has 11 aromatic rings. The number of thiophene rings is 1. The summed E-state index contributed by atoms with van der Waals surface area (Å²) in [7, 11) is 0. The van der Waals surface area contributed by atoms with Gasteiger partial charge in [-0.3, -0.25) is 0 Å². The largest absolute Gasteiger partial charge is 0.314 e. The van der Waals surface area contributed by atoms with Crippen LogP contribution in [0.1, 0.15) is 18.4 Å². The van der Waals surface area contributed by atoms with Gasteiger partial charge in [-0.1, -0.05) is 140 Å². The van der Waals surface area contributed by atoms with Crippen LogP contribution >= 0.6 is 11.3 Å². The lowest BCUT2D eigenvalue weighted by molar-refractivity contribution is 0.930. The van der Waals surface area contributed by atoms with Crippen molar-refractivity contribution >= 4 is 91.8 Å². The number of allylic oxidation sites excluding steroid dienone is 4. The second kappa shape index (κ2) is 13.7. The predicted octanol–water partition coefficient (Wildman–Crippen LogP) is 16.0. The van der Waals surface area contributed by atoms with Gasteiger partial charge in [-0.15, -0.1) is 11.3 Å². The molecule has 9 aromatic carbocycles. The first-order valence-corrected chi connectivity index (χ1v) is 21.3. The van der Waals surface area contributed by atoms with Gasteiger partial charge in [0.1, 0.15) is 0 Å². The lowest BCUT2D eigenvalue weighted by Crippen LogP contribution is -2.17. The molecule has 0 spiro atoms. The molecule has 1 aliphatic rings. The quantitative estimate of drug-likeness (QED) is 0.163. The summed E-state index contributed by atoms with van der Waals surface area (Å²) in [5.41, 5.74) is 12.4. The highest BCUT2D eigenvalue weighted by Gasteiger charge is 2.20. The minimum Gasteiger partial charge on any atom is -0.314 e. The maximum absolute atomic E-state index is 2.47. The summed E-state index contributed by atoms with van der Waals surface area (Å²) in [6.45, 7) is 0. The standard InChI is InChI=1S/C56H38N2S/c1-2-12-42-35-54-52(34-41(42)11-1)49-15-5-7-18-53(49)58(54)45-28-22-38(23-29-45)37-20-26-43(27-21-37)57(46-32-33-51-50-16-6-8-19-55(50)59-56(51)36-46)44-30-24-40(25-31-44)48-17-9-13-39-10-3-4-14-47(39)48/h1-20,22-26,28-36H,21,27H2. The SMILES string of the molecule is C1=C(c2ccc(-n3c4ccccc4c4cc5ccccc5cc43)cc2)CCC(N(c2ccc(-c3cccc4ccccc34)cc2)c2ccc3c(c2)sc2ccccc23)=C1. The Hall–Kier alpha value is -7.20. The zero-order valence-corrected chi connectivity index (χ0v) is 33.2. The molecule has 0 saturated heterocycles. The monoisotopic (exact) mass is 770 g/mol. The Bertz CT molecular complexity index is 3480. The molecule has 59 heavy (non-hydrogen) atoms. The van der Waals surface area contributed by atoms with Gasteiger partial charge in [0.05, 0.1) is 11.0 Å². The van der Waals surface area contributed by atoms with E-state index in [0.717, 1.165) is 12.8 Å². The van der Waals surface area contributed by atoms with Crippen molar-refractivity contribution in [2.24, 2.45) is 0 Å². The topological polar surface area (TPSA) is 8.17 Å². The molecule has 0 saturated carbocycles. The van der Waals surface area contributed by atoms with E-state index in [1.54, 1.807) is 0 Å². The average molecular weight is 771 g/mol. The second-order valence-electron chi connectivity index (χ2n) is 15.7. The summed E-state index contributed by atoms with van der Waals surface area (Å²) in [4.78, 5) is 2.47. The van der Waals surface area contributed by atoms with E-state index in [9.17, 15) is 0 Å². The van der Waals surface area contributed by atoms with Crippen LogP contribution in [0.15, 0.2) is 212 Å². The molecular weight excluding hydrogens is 733 g/mol. The van der Waals surface area contributed by atoms with Crippen LogP contribution in [0.2, 0.25) is 0 Å². The van der Waals surface area contributed by atoms with Gasteiger partial charge >= 0.3 is 0 Å². The maximum atomic E-state index is 2.47. The van der Waals surface area contributed by atoms with Gasteiger partial charge in [0.15, 0.2) is 0 Å². The number of para-hydroxylation sites is 1. The van der Waals surface area contributed by atoms with E-state index in [4.69, 9.17) is 0 Å². The second-order valence-corrected chi connectivity index (χ2v) is 16.7. The predicted molar refractivity (Wildman–Crippen MR) is 254 cm³/mol. The molecule has 2 nitrogen and oxygen atoms in total. The minimum atomic E-state index is 0.934. The molecule has 0 radical (unpaired) electrons. The van der Waals surface area contributed by atoms with E-state index in [-0.39, 0.29) is 0 Å². The summed E-state index contributed by atoms with van der Waals surface area (Å²) >= 11 is 1.88. The van der Waals surface area contributed by atoms with Crippen LogP contribution in [-0.4, -0.2) is 4.57 Å². The number of nitrogens with zero attached hydrogens (tertiary/aromatic N) is 2. The van der Waals surface area contributed by atoms with Crippen molar-refractivity contribution in [2.45, 2.75) is 12.8 Å². The fraction of sp³-hybridized carbons (Fsp3) is 0.0357. The molecule has 0 fully saturated rings. The van der Waals surface area contributed by atoms with E-state index in [1.807, 2.05) is 11.3 Å². The van der Waals surface area contributed by atoms with Crippen molar-refractivity contribution < 1.29 is 0 Å². The summed E-state index contributed by atoms with van der Waals surface area (Å²) in [5.74, 6) is 0. The summed E-state index contributed by atoms with van der Waals surface area (Å²) < 4.78 is 5.06. The van der Waals surface area contributed by atoms with E-state index in [1.165, 1.54) is 109 Å². The Balaban J connectivity index is 0.918. The van der Waals surface area contributed by atoms with Gasteiger partial charge in [0.25, 0.3) is 0 Å². The number of anilines is 2. The van der Waals surface area contributed by atoms with Crippen molar-refractivity contribution in [3.05, 3.63) is 218 Å². The number of hydrogen-bond donors (Lipinski definition) is 0. The maximum Gasteiger partial charge on any atom is 0.0547 e. The minimum absolute atomic E-state index is 0.934. The number of benzene rings is 9. The first-order chi connectivity index (χ1) is 29.2. The number of aromatic nitrogens is 1. The van der Waals surface area contributed by atoms with E-state index < -0.39 is 0 Å². The first-order valence-electron chi connectivity index (χ1n) is 20.5. The fourth-order valence-electron chi connectivity index (χ4n) is 9.41. The molecule has 278 valence electrons. The van der Waals surface area contributed by atoms with Crippen LogP contribution in [0.4, 0.5) is 11.4 Å². The number of rotatable bonds is 6. The van der Waals surface area contributed by atoms with Gasteiger partial charge in [-0.05, 0) is 123 Å². The van der Waals surface area contributed by atoms with Crippen molar-refractivity contribution in [1.82, 2.24) is 4.57 Å². The Morgan fingerprint density at radius 2 is 1.07 bits per heavy atom. The molecule has 0 N–H and O–H groups in total. The van der Waals surface area contributed by atoms with E-state index >= 15 is 0 Å². The van der Waals surface area contributed by atoms with Gasteiger partial charge in [0.2, 0.25) is 0 Å². The molecule has 0 atom stereocenters. The Morgan fingerprint density at radius 1 is 0.407 bits per heavy atom. The summed E-state index contributed by atoms with van der Waals surface area (Å²) in [5, 5.41) is 10.3. The first kappa shape index (κ1) is 33.9. The van der Waals surface area contributed by atoms with Crippen LogP contribution in [-0.2, 0) is 0 Å². The highest BCUT2D eigenvalue weighted by atomic mass is 32.1. The third kappa shape index (κ3) is 5.69. The molecule has 0 unspecified atom stereocenters. The molecule has 1 aliphatic carbocycles. The molecule has 0 bridgehead atoms. The van der Waals surface area contributed by atoms with Crippen LogP contribution in [0.5, 0.6) is 0 Å². The molecule has 0 aliphatic heterocycles. The molecule has 2 aromatic heterocycles. The van der Waals surface area contributed by atoms with Crippen LogP contribution in [0.3, 0.4) is 0 Å². The molecule has 0 amide bonds. The van der Waals surface area contributed by atoms with Crippen LogP contribution in [0.25, 0.3) is 85.9 Å². The van der Waals surface area contributed by atoms with E-state index in [2.05, 4.69) is 216 Å². The van der Waals surface area contributed by atoms with Gasteiger partial charge in [-0.2, -0.15) is 0 Å².